The van der Waals surface area contributed by atoms with Gasteiger partial charge in [0.1, 0.15) is 23.6 Å². The first-order valence-corrected chi connectivity index (χ1v) is 10.8. The number of hydrogen-bond donors (Lipinski definition) is 2. The fourth-order valence-corrected chi connectivity index (χ4v) is 4.97. The smallest absolute Gasteiger partial charge is 0.164 e. The zero-order valence-corrected chi connectivity index (χ0v) is 17.4. The second kappa shape index (κ2) is 7.85. The summed E-state index contributed by atoms with van der Waals surface area (Å²) in [5.41, 5.74) is 8.29. The van der Waals surface area contributed by atoms with Crippen molar-refractivity contribution in [1.82, 2.24) is 29.5 Å². The lowest BCUT2D eigenvalue weighted by Crippen LogP contribution is -2.49. The van der Waals surface area contributed by atoms with Gasteiger partial charge in [-0.15, -0.1) is 0 Å². The number of likely N-dealkylation sites (N-methyl/N-ethyl adjacent to an activating group) is 1. The number of piperazine rings is 1. The Labute approximate surface area is 176 Å². The van der Waals surface area contributed by atoms with E-state index in [1.165, 1.54) is 19.2 Å². The van der Waals surface area contributed by atoms with Gasteiger partial charge in [-0.3, -0.25) is 4.90 Å². The van der Waals surface area contributed by atoms with Gasteiger partial charge in [-0.2, -0.15) is 5.10 Å². The average Bonchev–Trinajstić information content (AvgIpc) is 3.16. The molecule has 1 aliphatic carbocycles. The van der Waals surface area contributed by atoms with Gasteiger partial charge in [0.05, 0.1) is 11.4 Å². The summed E-state index contributed by atoms with van der Waals surface area (Å²) in [6, 6.07) is 8.16. The van der Waals surface area contributed by atoms with Gasteiger partial charge in [-0.25, -0.2) is 14.6 Å². The van der Waals surface area contributed by atoms with Crippen molar-refractivity contribution in [2.45, 2.75) is 37.8 Å². The van der Waals surface area contributed by atoms with E-state index in [0.717, 1.165) is 50.1 Å². The first-order valence-electron chi connectivity index (χ1n) is 10.8. The molecule has 0 unspecified atom stereocenters. The van der Waals surface area contributed by atoms with Gasteiger partial charge in [-0.1, -0.05) is 12.1 Å². The number of nitrogen functional groups attached to an aromatic ring is 1. The average molecular weight is 408 g/mol. The molecule has 1 saturated carbocycles. The van der Waals surface area contributed by atoms with Crippen molar-refractivity contribution in [3.63, 3.8) is 0 Å². The topological polar surface area (TPSA) is 96.3 Å². The first kappa shape index (κ1) is 19.3. The molecule has 8 heteroatoms. The van der Waals surface area contributed by atoms with Gasteiger partial charge >= 0.3 is 0 Å². The molecule has 3 aromatic rings. The van der Waals surface area contributed by atoms with E-state index in [1.807, 2.05) is 16.8 Å². The molecular formula is C22H29N7O. The molecule has 0 spiro atoms. The highest BCUT2D eigenvalue weighted by Crippen LogP contribution is 2.39. The number of rotatable bonds is 3. The summed E-state index contributed by atoms with van der Waals surface area (Å²) in [6.07, 6.45) is 5.97. The number of nitrogens with two attached hydrogens (primary N) is 1. The Bertz CT molecular complexity index is 1030. The number of aromatic nitrogens is 4. The quantitative estimate of drug-likeness (QED) is 0.689. The van der Waals surface area contributed by atoms with E-state index < -0.39 is 0 Å². The van der Waals surface area contributed by atoms with Crippen LogP contribution in [0.25, 0.3) is 22.3 Å². The molecule has 0 radical (unpaired) electrons. The molecule has 0 amide bonds. The van der Waals surface area contributed by atoms with Crippen molar-refractivity contribution < 1.29 is 5.11 Å². The van der Waals surface area contributed by atoms with Crippen LogP contribution in [0, 0.1) is 0 Å². The molecule has 1 aliphatic heterocycles. The Morgan fingerprint density at radius 3 is 2.40 bits per heavy atom. The predicted octanol–water partition coefficient (Wildman–Crippen LogP) is 2.51. The van der Waals surface area contributed by atoms with E-state index in [9.17, 15) is 5.11 Å². The Balaban J connectivity index is 1.43. The van der Waals surface area contributed by atoms with E-state index in [4.69, 9.17) is 10.8 Å². The van der Waals surface area contributed by atoms with Crippen LogP contribution < -0.4 is 5.73 Å². The van der Waals surface area contributed by atoms with Crippen molar-refractivity contribution in [3.8, 4) is 17.0 Å². The van der Waals surface area contributed by atoms with Crippen LogP contribution in [0.15, 0.2) is 30.6 Å². The van der Waals surface area contributed by atoms with Crippen LogP contribution in [0.5, 0.6) is 5.75 Å². The summed E-state index contributed by atoms with van der Waals surface area (Å²) in [5, 5.41) is 16.0. The highest BCUT2D eigenvalue weighted by atomic mass is 16.3. The van der Waals surface area contributed by atoms with Crippen molar-refractivity contribution in [2.75, 3.05) is 39.0 Å². The molecule has 5 rings (SSSR count). The van der Waals surface area contributed by atoms with Crippen LogP contribution >= 0.6 is 0 Å². The number of nitrogens with zero attached hydrogens (tertiary/aromatic N) is 6. The van der Waals surface area contributed by atoms with E-state index in [-0.39, 0.29) is 11.8 Å². The van der Waals surface area contributed by atoms with Crippen LogP contribution in [0.4, 0.5) is 5.82 Å². The number of hydrogen-bond acceptors (Lipinski definition) is 7. The molecule has 0 atom stereocenters. The first-order chi connectivity index (χ1) is 14.6. The Hall–Kier alpha value is -2.71. The third-order valence-electron chi connectivity index (χ3n) is 6.74. The maximum atomic E-state index is 10.4. The van der Waals surface area contributed by atoms with E-state index in [2.05, 4.69) is 26.8 Å². The van der Waals surface area contributed by atoms with Crippen molar-refractivity contribution >= 4 is 16.9 Å². The minimum Gasteiger partial charge on any atom is -0.507 e. The molecule has 1 aromatic carbocycles. The Morgan fingerprint density at radius 1 is 0.967 bits per heavy atom. The third kappa shape index (κ3) is 3.40. The minimum absolute atomic E-state index is 0.186. The summed E-state index contributed by atoms with van der Waals surface area (Å²) in [7, 11) is 2.20. The summed E-state index contributed by atoms with van der Waals surface area (Å²) < 4.78 is 2.02. The van der Waals surface area contributed by atoms with E-state index in [0.29, 0.717) is 23.1 Å². The molecule has 158 valence electrons. The molecule has 1 saturated heterocycles. The molecule has 2 fully saturated rings. The second-order valence-electron chi connectivity index (χ2n) is 8.57. The number of para-hydroxylation sites is 1. The minimum atomic E-state index is 0.186. The van der Waals surface area contributed by atoms with Gasteiger partial charge in [0.25, 0.3) is 0 Å². The normalized spacial score (nSPS) is 23.8. The second-order valence-corrected chi connectivity index (χ2v) is 8.57. The molecule has 30 heavy (non-hydrogen) atoms. The van der Waals surface area contributed by atoms with Crippen LogP contribution in [0.1, 0.15) is 31.7 Å². The number of phenolic OH excluding ortho intramolecular Hbond substituents is 1. The number of aromatic hydroxyl groups is 1. The van der Waals surface area contributed by atoms with Crippen LogP contribution in [-0.4, -0.2) is 73.9 Å². The monoisotopic (exact) mass is 407 g/mol. The molecule has 2 aliphatic rings. The van der Waals surface area contributed by atoms with Gasteiger partial charge in [0.2, 0.25) is 0 Å². The summed E-state index contributed by atoms with van der Waals surface area (Å²) in [5.74, 6) is 0.585. The molecule has 3 N–H and O–H groups in total. The van der Waals surface area contributed by atoms with Gasteiger partial charge in [-0.05, 0) is 44.9 Å². The summed E-state index contributed by atoms with van der Waals surface area (Å²) >= 11 is 0. The molecule has 3 heterocycles. The lowest BCUT2D eigenvalue weighted by molar-refractivity contribution is 0.0815. The summed E-state index contributed by atoms with van der Waals surface area (Å²) in [6.45, 7) is 4.64. The maximum Gasteiger partial charge on any atom is 0.164 e. The SMILES string of the molecule is CN1CCN(C2CCC(n3nc(-c4ccccc4O)c4c(N)ncnc43)CC2)CC1. The lowest BCUT2D eigenvalue weighted by Gasteiger charge is -2.41. The van der Waals surface area contributed by atoms with Crippen LogP contribution in [-0.2, 0) is 0 Å². The molecular weight excluding hydrogens is 378 g/mol. The molecule has 2 aromatic heterocycles. The van der Waals surface area contributed by atoms with Gasteiger partial charge in [0, 0.05) is 37.8 Å². The van der Waals surface area contributed by atoms with Gasteiger partial charge < -0.3 is 15.7 Å². The Morgan fingerprint density at radius 2 is 1.67 bits per heavy atom. The van der Waals surface area contributed by atoms with E-state index >= 15 is 0 Å². The zero-order valence-electron chi connectivity index (χ0n) is 17.4. The third-order valence-corrected chi connectivity index (χ3v) is 6.74. The fraction of sp³-hybridized carbons (Fsp3) is 0.500. The lowest BCUT2D eigenvalue weighted by atomic mass is 9.90. The highest BCUT2D eigenvalue weighted by Gasteiger charge is 2.30. The number of anilines is 1. The predicted molar refractivity (Wildman–Crippen MR) is 117 cm³/mol. The van der Waals surface area contributed by atoms with Crippen molar-refractivity contribution in [1.29, 1.82) is 0 Å². The number of phenols is 1. The van der Waals surface area contributed by atoms with Gasteiger partial charge in [0.15, 0.2) is 5.65 Å². The fourth-order valence-electron chi connectivity index (χ4n) is 4.97. The highest BCUT2D eigenvalue weighted by molar-refractivity contribution is 5.99. The van der Waals surface area contributed by atoms with Crippen molar-refractivity contribution in [3.05, 3.63) is 30.6 Å². The van der Waals surface area contributed by atoms with E-state index in [1.54, 1.807) is 12.1 Å². The summed E-state index contributed by atoms with van der Waals surface area (Å²) in [4.78, 5) is 13.8. The van der Waals surface area contributed by atoms with Crippen LogP contribution in [0.2, 0.25) is 0 Å². The Kier molecular flexibility index (Phi) is 5.04. The van der Waals surface area contributed by atoms with Crippen LogP contribution in [0.3, 0.4) is 0 Å². The zero-order chi connectivity index (χ0) is 20.7. The number of fused-ring (bicyclic) bond motifs is 1. The van der Waals surface area contributed by atoms with Crippen molar-refractivity contribution in [2.24, 2.45) is 0 Å². The number of benzene rings is 1. The maximum absolute atomic E-state index is 10.4. The largest absolute Gasteiger partial charge is 0.507 e. The molecule has 0 bridgehead atoms. The molecule has 8 nitrogen and oxygen atoms in total. The standard InChI is InChI=1S/C22H29N7O/c1-27-10-12-28(13-11-27)15-6-8-16(9-7-15)29-22-19(21(23)24-14-25-22)20(26-29)17-4-2-3-5-18(17)30/h2-5,14-16,30H,6-13H2,1H3,(H2,23,24,25).